The zero-order chi connectivity index (χ0) is 14.1. The largest absolute Gasteiger partial charge is 0.345 e. The molecule has 0 spiro atoms. The lowest BCUT2D eigenvalue weighted by Crippen LogP contribution is -2.31. The molecule has 2 aromatic rings. The smallest absolute Gasteiger partial charge is 0.254 e. The monoisotopic (exact) mass is 334 g/mol. The van der Waals surface area contributed by atoms with Crippen molar-refractivity contribution in [3.63, 3.8) is 0 Å². The summed E-state index contributed by atoms with van der Waals surface area (Å²) in [6.07, 6.45) is 6.54. The van der Waals surface area contributed by atoms with Crippen LogP contribution in [0.25, 0.3) is 0 Å². The minimum Gasteiger partial charge on any atom is -0.345 e. The number of pyridine rings is 1. The second kappa shape index (κ2) is 5.36. The number of carbonyl (C=O) groups excluding carboxylic acids is 1. The third-order valence-electron chi connectivity index (χ3n) is 3.68. The van der Waals surface area contributed by atoms with Crippen LogP contribution in [0.3, 0.4) is 0 Å². The Bertz CT molecular complexity index is 652. The van der Waals surface area contributed by atoms with Gasteiger partial charge in [-0.2, -0.15) is 5.10 Å². The molecule has 1 aliphatic rings. The van der Waals surface area contributed by atoms with E-state index in [-0.39, 0.29) is 11.9 Å². The maximum atomic E-state index is 12.3. The molecule has 1 aliphatic carbocycles. The predicted octanol–water partition coefficient (Wildman–Crippen LogP) is 2.39. The molecule has 2 aromatic heterocycles. The summed E-state index contributed by atoms with van der Waals surface area (Å²) in [7, 11) is 1.95. The SMILES string of the molecule is Cn1ncc2c1CCCC2NC(=O)c1cccnc1Br. The highest BCUT2D eigenvalue weighted by molar-refractivity contribution is 9.10. The summed E-state index contributed by atoms with van der Waals surface area (Å²) in [6, 6.07) is 3.56. The van der Waals surface area contributed by atoms with Crippen LogP contribution in [0.2, 0.25) is 0 Å². The maximum absolute atomic E-state index is 12.3. The molecule has 1 unspecified atom stereocenters. The van der Waals surface area contributed by atoms with Crippen LogP contribution in [0.5, 0.6) is 0 Å². The molecular formula is C14H15BrN4O. The maximum Gasteiger partial charge on any atom is 0.254 e. The fourth-order valence-corrected chi connectivity index (χ4v) is 3.08. The van der Waals surface area contributed by atoms with E-state index in [1.165, 1.54) is 5.69 Å². The van der Waals surface area contributed by atoms with Crippen LogP contribution in [0.15, 0.2) is 29.1 Å². The van der Waals surface area contributed by atoms with E-state index in [9.17, 15) is 4.79 Å². The number of halogens is 1. The molecule has 5 nitrogen and oxygen atoms in total. The van der Waals surface area contributed by atoms with Gasteiger partial charge in [-0.3, -0.25) is 9.48 Å². The van der Waals surface area contributed by atoms with Crippen molar-refractivity contribution < 1.29 is 4.79 Å². The number of aryl methyl sites for hydroxylation is 1. The highest BCUT2D eigenvalue weighted by Crippen LogP contribution is 2.29. The van der Waals surface area contributed by atoms with Crippen LogP contribution < -0.4 is 5.32 Å². The van der Waals surface area contributed by atoms with Gasteiger partial charge in [-0.05, 0) is 47.3 Å². The van der Waals surface area contributed by atoms with Gasteiger partial charge in [0.1, 0.15) is 4.60 Å². The average Bonchev–Trinajstić information content (AvgIpc) is 2.82. The predicted molar refractivity (Wildman–Crippen MR) is 78.3 cm³/mol. The Morgan fingerprint density at radius 3 is 3.20 bits per heavy atom. The summed E-state index contributed by atoms with van der Waals surface area (Å²) in [5.74, 6) is -0.105. The van der Waals surface area contributed by atoms with Crippen molar-refractivity contribution in [1.82, 2.24) is 20.1 Å². The van der Waals surface area contributed by atoms with Crippen LogP contribution in [0.1, 0.15) is 40.5 Å². The molecule has 0 saturated heterocycles. The lowest BCUT2D eigenvalue weighted by atomic mass is 9.93. The van der Waals surface area contributed by atoms with E-state index in [1.807, 2.05) is 17.9 Å². The van der Waals surface area contributed by atoms with Crippen LogP contribution in [0, 0.1) is 0 Å². The second-order valence-electron chi connectivity index (χ2n) is 4.93. The molecule has 20 heavy (non-hydrogen) atoms. The molecular weight excluding hydrogens is 320 g/mol. The first-order valence-electron chi connectivity index (χ1n) is 6.59. The Morgan fingerprint density at radius 1 is 1.55 bits per heavy atom. The van der Waals surface area contributed by atoms with E-state index < -0.39 is 0 Å². The fraction of sp³-hybridized carbons (Fsp3) is 0.357. The molecule has 1 N–H and O–H groups in total. The highest BCUT2D eigenvalue weighted by atomic mass is 79.9. The van der Waals surface area contributed by atoms with E-state index in [4.69, 9.17) is 0 Å². The van der Waals surface area contributed by atoms with Gasteiger partial charge in [0.15, 0.2) is 0 Å². The molecule has 2 heterocycles. The highest BCUT2D eigenvalue weighted by Gasteiger charge is 2.25. The van der Waals surface area contributed by atoms with Crippen molar-refractivity contribution in [2.24, 2.45) is 7.05 Å². The first kappa shape index (κ1) is 13.3. The van der Waals surface area contributed by atoms with Gasteiger partial charge in [0.05, 0.1) is 17.8 Å². The lowest BCUT2D eigenvalue weighted by Gasteiger charge is -2.23. The number of amides is 1. The van der Waals surface area contributed by atoms with Gasteiger partial charge in [-0.25, -0.2) is 4.98 Å². The molecule has 0 bridgehead atoms. The lowest BCUT2D eigenvalue weighted by molar-refractivity contribution is 0.0931. The third-order valence-corrected chi connectivity index (χ3v) is 4.32. The molecule has 104 valence electrons. The number of fused-ring (bicyclic) bond motifs is 1. The van der Waals surface area contributed by atoms with Crippen molar-refractivity contribution in [3.8, 4) is 0 Å². The van der Waals surface area contributed by atoms with Crippen molar-refractivity contribution >= 4 is 21.8 Å². The summed E-state index contributed by atoms with van der Waals surface area (Å²) < 4.78 is 2.47. The molecule has 1 atom stereocenters. The summed E-state index contributed by atoms with van der Waals surface area (Å²) in [4.78, 5) is 16.4. The van der Waals surface area contributed by atoms with E-state index in [0.29, 0.717) is 10.2 Å². The van der Waals surface area contributed by atoms with E-state index in [1.54, 1.807) is 18.3 Å². The minimum absolute atomic E-state index is 0.0343. The standard InChI is InChI=1S/C14H15BrN4O/c1-19-12-6-2-5-11(10(12)8-17-19)18-14(20)9-4-3-7-16-13(9)15/h3-4,7-8,11H,2,5-6H2,1H3,(H,18,20). The van der Waals surface area contributed by atoms with E-state index in [2.05, 4.69) is 31.3 Å². The number of hydrogen-bond acceptors (Lipinski definition) is 3. The summed E-state index contributed by atoms with van der Waals surface area (Å²) in [5, 5.41) is 7.37. The number of nitrogens with zero attached hydrogens (tertiary/aromatic N) is 3. The number of nitrogens with one attached hydrogen (secondary N) is 1. The Kier molecular flexibility index (Phi) is 3.56. The number of carbonyl (C=O) groups is 1. The Labute approximate surface area is 125 Å². The van der Waals surface area contributed by atoms with Gasteiger partial charge in [-0.15, -0.1) is 0 Å². The topological polar surface area (TPSA) is 59.8 Å². The molecule has 0 aromatic carbocycles. The molecule has 0 saturated carbocycles. The fourth-order valence-electron chi connectivity index (χ4n) is 2.65. The minimum atomic E-state index is -0.105. The average molecular weight is 335 g/mol. The molecule has 0 radical (unpaired) electrons. The zero-order valence-electron chi connectivity index (χ0n) is 11.1. The van der Waals surface area contributed by atoms with E-state index in [0.717, 1.165) is 24.8 Å². The van der Waals surface area contributed by atoms with Crippen molar-refractivity contribution in [3.05, 3.63) is 46.0 Å². The first-order chi connectivity index (χ1) is 9.66. The molecule has 6 heteroatoms. The Balaban J connectivity index is 1.83. The third kappa shape index (κ3) is 2.35. The Morgan fingerprint density at radius 2 is 2.40 bits per heavy atom. The van der Waals surface area contributed by atoms with Crippen LogP contribution in [0.4, 0.5) is 0 Å². The van der Waals surface area contributed by atoms with Gasteiger partial charge < -0.3 is 5.32 Å². The second-order valence-corrected chi connectivity index (χ2v) is 5.68. The van der Waals surface area contributed by atoms with Crippen molar-refractivity contribution in [1.29, 1.82) is 0 Å². The van der Waals surface area contributed by atoms with Crippen molar-refractivity contribution in [2.45, 2.75) is 25.3 Å². The van der Waals surface area contributed by atoms with Gasteiger partial charge >= 0.3 is 0 Å². The van der Waals surface area contributed by atoms with Crippen LogP contribution >= 0.6 is 15.9 Å². The van der Waals surface area contributed by atoms with Gasteiger partial charge in [0, 0.05) is 24.5 Å². The van der Waals surface area contributed by atoms with Crippen LogP contribution in [-0.2, 0) is 13.5 Å². The summed E-state index contributed by atoms with van der Waals surface area (Å²) >= 11 is 3.31. The van der Waals surface area contributed by atoms with Crippen LogP contribution in [-0.4, -0.2) is 20.7 Å². The molecule has 0 aliphatic heterocycles. The normalized spacial score (nSPS) is 17.6. The summed E-state index contributed by atoms with van der Waals surface area (Å²) in [5.41, 5.74) is 2.91. The molecule has 1 amide bonds. The van der Waals surface area contributed by atoms with Crippen molar-refractivity contribution in [2.75, 3.05) is 0 Å². The quantitative estimate of drug-likeness (QED) is 0.858. The van der Waals surface area contributed by atoms with E-state index >= 15 is 0 Å². The molecule has 3 rings (SSSR count). The summed E-state index contributed by atoms with van der Waals surface area (Å²) in [6.45, 7) is 0. The molecule has 0 fully saturated rings. The zero-order valence-corrected chi connectivity index (χ0v) is 12.7. The van der Waals surface area contributed by atoms with Gasteiger partial charge in [0.25, 0.3) is 5.91 Å². The first-order valence-corrected chi connectivity index (χ1v) is 7.38. The van der Waals surface area contributed by atoms with Gasteiger partial charge in [0.2, 0.25) is 0 Å². The number of hydrogen-bond donors (Lipinski definition) is 1. The van der Waals surface area contributed by atoms with Gasteiger partial charge in [-0.1, -0.05) is 0 Å². The number of aromatic nitrogens is 3. The Hall–Kier alpha value is -1.69. The number of rotatable bonds is 2.